The molecule has 3 aromatic carbocycles. The van der Waals surface area contributed by atoms with Gasteiger partial charge < -0.3 is 29.5 Å². The molecule has 3 rings (SSSR count). The molecule has 3 aromatic rings. The number of ether oxygens (including phenoxy) is 3. The lowest BCUT2D eigenvalue weighted by molar-refractivity contribution is -0.0288. The number of aromatic hydroxyl groups is 3. The zero-order chi connectivity index (χ0) is 25.4. The maximum atomic E-state index is 12.4. The monoisotopic (exact) mass is 480 g/mol. The van der Waals surface area contributed by atoms with Crippen molar-refractivity contribution in [3.05, 3.63) is 89.5 Å². The van der Waals surface area contributed by atoms with Gasteiger partial charge in [-0.3, -0.25) is 0 Å². The molecule has 0 aliphatic rings. The summed E-state index contributed by atoms with van der Waals surface area (Å²) in [4.78, 5) is 37.3. The summed E-state index contributed by atoms with van der Waals surface area (Å²) in [6, 6.07) is 16.5. The molecule has 0 fully saturated rings. The minimum Gasteiger partial charge on any atom is -0.508 e. The molecule has 0 aliphatic heterocycles. The summed E-state index contributed by atoms with van der Waals surface area (Å²) in [6.07, 6.45) is 0. The Hall–Kier alpha value is -4.53. The molecule has 0 aromatic heterocycles. The van der Waals surface area contributed by atoms with Crippen molar-refractivity contribution in [1.29, 1.82) is 0 Å². The average Bonchev–Trinajstić information content (AvgIpc) is 2.85. The third kappa shape index (κ3) is 7.23. The van der Waals surface area contributed by atoms with Crippen LogP contribution >= 0.6 is 0 Å². The number of carbonyl (C=O) groups is 3. The molecule has 9 heteroatoms. The Balaban J connectivity index is 1.69. The summed E-state index contributed by atoms with van der Waals surface area (Å²) in [5.74, 6) is -2.20. The van der Waals surface area contributed by atoms with E-state index in [0.29, 0.717) is 0 Å². The topological polar surface area (TPSA) is 140 Å². The van der Waals surface area contributed by atoms with Crippen molar-refractivity contribution in [3.63, 3.8) is 0 Å². The Labute approximate surface area is 201 Å². The van der Waals surface area contributed by atoms with E-state index in [-0.39, 0.29) is 53.8 Å². The van der Waals surface area contributed by atoms with Crippen LogP contribution in [0, 0.1) is 5.41 Å². The fourth-order valence-corrected chi connectivity index (χ4v) is 2.92. The molecule has 0 bridgehead atoms. The fraction of sp³-hybridized carbons (Fsp3) is 0.192. The minimum absolute atomic E-state index is 0.00797. The van der Waals surface area contributed by atoms with Crippen LogP contribution in [-0.2, 0) is 14.2 Å². The van der Waals surface area contributed by atoms with Crippen molar-refractivity contribution in [2.45, 2.75) is 6.92 Å². The third-order valence-electron chi connectivity index (χ3n) is 4.94. The number of carbonyl (C=O) groups excluding carboxylic acids is 3. The van der Waals surface area contributed by atoms with Crippen LogP contribution < -0.4 is 0 Å². The van der Waals surface area contributed by atoms with Crippen LogP contribution in [-0.4, -0.2) is 53.0 Å². The van der Waals surface area contributed by atoms with Gasteiger partial charge in [0.2, 0.25) is 0 Å². The molecule has 0 atom stereocenters. The lowest BCUT2D eigenvalue weighted by Crippen LogP contribution is -2.37. The van der Waals surface area contributed by atoms with E-state index in [1.807, 2.05) is 0 Å². The van der Waals surface area contributed by atoms with E-state index in [1.165, 1.54) is 72.8 Å². The number of phenols is 3. The van der Waals surface area contributed by atoms with Crippen molar-refractivity contribution >= 4 is 17.9 Å². The van der Waals surface area contributed by atoms with Crippen LogP contribution in [0.5, 0.6) is 17.2 Å². The van der Waals surface area contributed by atoms with Crippen LogP contribution in [0.2, 0.25) is 0 Å². The van der Waals surface area contributed by atoms with E-state index in [0.717, 1.165) is 0 Å². The fourth-order valence-electron chi connectivity index (χ4n) is 2.92. The van der Waals surface area contributed by atoms with E-state index < -0.39 is 23.3 Å². The first-order valence-electron chi connectivity index (χ1n) is 10.5. The molecule has 0 unspecified atom stereocenters. The van der Waals surface area contributed by atoms with Crippen molar-refractivity contribution in [1.82, 2.24) is 0 Å². The van der Waals surface area contributed by atoms with E-state index in [4.69, 9.17) is 14.2 Å². The third-order valence-corrected chi connectivity index (χ3v) is 4.94. The number of rotatable bonds is 9. The van der Waals surface area contributed by atoms with Crippen molar-refractivity contribution in [3.8, 4) is 17.2 Å². The molecule has 0 saturated heterocycles. The van der Waals surface area contributed by atoms with Gasteiger partial charge in [0.25, 0.3) is 0 Å². The number of hydrogen-bond acceptors (Lipinski definition) is 9. The maximum Gasteiger partial charge on any atom is 0.338 e. The summed E-state index contributed by atoms with van der Waals surface area (Å²) < 4.78 is 16.1. The molecule has 0 radical (unpaired) electrons. The quantitative estimate of drug-likeness (QED) is 0.309. The predicted octanol–water partition coefficient (Wildman–Crippen LogP) is 3.68. The number of benzene rings is 3. The van der Waals surface area contributed by atoms with E-state index >= 15 is 0 Å². The Morgan fingerprint density at radius 2 is 1.00 bits per heavy atom. The van der Waals surface area contributed by atoms with E-state index in [9.17, 15) is 29.7 Å². The summed E-state index contributed by atoms with van der Waals surface area (Å²) in [5.41, 5.74) is -0.605. The number of hydrogen-bond donors (Lipinski definition) is 3. The Kier molecular flexibility index (Phi) is 7.93. The first-order chi connectivity index (χ1) is 16.6. The maximum absolute atomic E-state index is 12.4. The first-order valence-corrected chi connectivity index (χ1v) is 10.5. The normalized spacial score (nSPS) is 10.9. The van der Waals surface area contributed by atoms with Gasteiger partial charge in [-0.1, -0.05) is 6.07 Å². The second-order valence-electron chi connectivity index (χ2n) is 8.18. The van der Waals surface area contributed by atoms with Gasteiger partial charge in [-0.15, -0.1) is 0 Å². The summed E-state index contributed by atoms with van der Waals surface area (Å²) >= 11 is 0. The van der Waals surface area contributed by atoms with Crippen LogP contribution in [0.3, 0.4) is 0 Å². The van der Waals surface area contributed by atoms with Crippen LogP contribution in [0.15, 0.2) is 72.8 Å². The molecule has 0 saturated carbocycles. The van der Waals surface area contributed by atoms with Crippen LogP contribution in [0.1, 0.15) is 38.0 Å². The van der Waals surface area contributed by atoms with E-state index in [1.54, 1.807) is 6.92 Å². The Bertz CT molecular complexity index is 1120. The zero-order valence-corrected chi connectivity index (χ0v) is 18.8. The molecular weight excluding hydrogens is 456 g/mol. The molecule has 0 heterocycles. The standard InChI is InChI=1S/C26H24O9/c1-26(14-33-23(30)17-5-9-20(27)10-6-17,15-34-24(31)18-7-11-21(28)12-8-18)16-35-25(32)19-3-2-4-22(29)13-19/h2-13,27-29H,14-16H2,1H3. The summed E-state index contributed by atoms with van der Waals surface area (Å²) in [7, 11) is 0. The van der Waals surface area contributed by atoms with Crippen LogP contribution in [0.4, 0.5) is 0 Å². The molecule has 0 amide bonds. The summed E-state index contributed by atoms with van der Waals surface area (Å²) in [6.45, 7) is 0.815. The van der Waals surface area contributed by atoms with Crippen LogP contribution in [0.25, 0.3) is 0 Å². The molecule has 182 valence electrons. The molecule has 3 N–H and O–H groups in total. The van der Waals surface area contributed by atoms with Crippen molar-refractivity contribution < 1.29 is 43.9 Å². The molecular formula is C26H24O9. The van der Waals surface area contributed by atoms with Gasteiger partial charge in [-0.05, 0) is 73.7 Å². The Morgan fingerprint density at radius 3 is 1.40 bits per heavy atom. The van der Waals surface area contributed by atoms with Crippen molar-refractivity contribution in [2.24, 2.45) is 5.41 Å². The van der Waals surface area contributed by atoms with Gasteiger partial charge >= 0.3 is 17.9 Å². The largest absolute Gasteiger partial charge is 0.508 e. The highest BCUT2D eigenvalue weighted by molar-refractivity contribution is 5.90. The first kappa shape index (κ1) is 25.1. The highest BCUT2D eigenvalue weighted by Gasteiger charge is 2.31. The molecule has 35 heavy (non-hydrogen) atoms. The number of esters is 3. The predicted molar refractivity (Wildman–Crippen MR) is 123 cm³/mol. The second-order valence-corrected chi connectivity index (χ2v) is 8.18. The number of phenolic OH excluding ortho intramolecular Hbond substituents is 3. The lowest BCUT2D eigenvalue weighted by Gasteiger charge is -2.28. The molecule has 0 spiro atoms. The van der Waals surface area contributed by atoms with Gasteiger partial charge in [0.15, 0.2) is 0 Å². The second kappa shape index (κ2) is 11.1. The highest BCUT2D eigenvalue weighted by atomic mass is 16.6. The lowest BCUT2D eigenvalue weighted by atomic mass is 9.94. The van der Waals surface area contributed by atoms with Gasteiger partial charge in [0.05, 0.1) is 22.1 Å². The van der Waals surface area contributed by atoms with Gasteiger partial charge in [0.1, 0.15) is 37.1 Å². The highest BCUT2D eigenvalue weighted by Crippen LogP contribution is 2.22. The SMILES string of the molecule is CC(COC(=O)c1ccc(O)cc1)(COC(=O)c1ccc(O)cc1)COC(=O)c1cccc(O)c1. The smallest absolute Gasteiger partial charge is 0.338 e. The van der Waals surface area contributed by atoms with E-state index in [2.05, 4.69) is 0 Å². The van der Waals surface area contributed by atoms with Gasteiger partial charge in [-0.2, -0.15) is 0 Å². The van der Waals surface area contributed by atoms with Crippen molar-refractivity contribution in [2.75, 3.05) is 19.8 Å². The van der Waals surface area contributed by atoms with Gasteiger partial charge in [-0.25, -0.2) is 14.4 Å². The molecule has 9 nitrogen and oxygen atoms in total. The minimum atomic E-state index is -1.12. The average molecular weight is 480 g/mol. The summed E-state index contributed by atoms with van der Waals surface area (Å²) in [5, 5.41) is 28.3. The van der Waals surface area contributed by atoms with Gasteiger partial charge in [0, 0.05) is 0 Å². The Morgan fingerprint density at radius 1 is 0.600 bits per heavy atom. The zero-order valence-electron chi connectivity index (χ0n) is 18.8. The molecule has 0 aliphatic carbocycles.